The van der Waals surface area contributed by atoms with Gasteiger partial charge in [0.25, 0.3) is 0 Å². The summed E-state index contributed by atoms with van der Waals surface area (Å²) >= 11 is 0. The fourth-order valence-electron chi connectivity index (χ4n) is 2.84. The van der Waals surface area contributed by atoms with Crippen molar-refractivity contribution in [2.24, 2.45) is 0 Å². The molecule has 0 bridgehead atoms. The SMILES string of the molecule is Cc1cc(CNC(C)(C)C)ccc1N1CCCN(C)CC1. The Morgan fingerprint density at radius 3 is 2.52 bits per heavy atom. The van der Waals surface area contributed by atoms with E-state index < -0.39 is 0 Å². The van der Waals surface area contributed by atoms with E-state index in [0.717, 1.165) is 19.6 Å². The summed E-state index contributed by atoms with van der Waals surface area (Å²) in [4.78, 5) is 4.97. The third-order valence-electron chi connectivity index (χ3n) is 4.14. The fraction of sp³-hybridized carbons (Fsp3) is 0.667. The van der Waals surface area contributed by atoms with Crippen molar-refractivity contribution in [2.45, 2.75) is 46.2 Å². The molecule has 1 aliphatic heterocycles. The molecular weight excluding hydrogens is 258 g/mol. The quantitative estimate of drug-likeness (QED) is 0.923. The van der Waals surface area contributed by atoms with E-state index in [9.17, 15) is 0 Å². The first-order valence-corrected chi connectivity index (χ1v) is 8.13. The lowest BCUT2D eigenvalue weighted by atomic mass is 10.1. The van der Waals surface area contributed by atoms with Crippen molar-refractivity contribution in [3.8, 4) is 0 Å². The number of nitrogens with zero attached hydrogens (tertiary/aromatic N) is 2. The average Bonchev–Trinajstić information content (AvgIpc) is 2.61. The van der Waals surface area contributed by atoms with Crippen molar-refractivity contribution in [1.29, 1.82) is 0 Å². The van der Waals surface area contributed by atoms with Crippen LogP contribution < -0.4 is 10.2 Å². The van der Waals surface area contributed by atoms with Crippen LogP contribution in [-0.2, 0) is 6.54 Å². The standard InChI is InChI=1S/C18H31N3/c1-15-13-16(14-19-18(2,3)4)7-8-17(15)21-10-6-9-20(5)11-12-21/h7-8,13,19H,6,9-12,14H2,1-5H3. The van der Waals surface area contributed by atoms with E-state index in [1.54, 1.807) is 0 Å². The zero-order valence-electron chi connectivity index (χ0n) is 14.4. The van der Waals surface area contributed by atoms with E-state index in [1.807, 2.05) is 0 Å². The first-order valence-electron chi connectivity index (χ1n) is 8.13. The van der Waals surface area contributed by atoms with Gasteiger partial charge in [0.2, 0.25) is 0 Å². The molecular formula is C18H31N3. The van der Waals surface area contributed by atoms with Gasteiger partial charge < -0.3 is 15.1 Å². The van der Waals surface area contributed by atoms with Gasteiger partial charge in [-0.3, -0.25) is 0 Å². The Bertz CT molecular complexity index is 462. The third-order valence-corrected chi connectivity index (χ3v) is 4.14. The van der Waals surface area contributed by atoms with Crippen LogP contribution in [0.15, 0.2) is 18.2 Å². The van der Waals surface area contributed by atoms with E-state index in [0.29, 0.717) is 0 Å². The van der Waals surface area contributed by atoms with Crippen molar-refractivity contribution >= 4 is 5.69 Å². The molecule has 1 fully saturated rings. The molecule has 1 aromatic carbocycles. The second-order valence-electron chi connectivity index (χ2n) is 7.37. The molecule has 1 N–H and O–H groups in total. The topological polar surface area (TPSA) is 18.5 Å². The highest BCUT2D eigenvalue weighted by Gasteiger charge is 2.15. The highest BCUT2D eigenvalue weighted by Crippen LogP contribution is 2.23. The number of aryl methyl sites for hydroxylation is 1. The number of hydrogen-bond donors (Lipinski definition) is 1. The van der Waals surface area contributed by atoms with Crippen LogP contribution >= 0.6 is 0 Å². The Morgan fingerprint density at radius 2 is 1.86 bits per heavy atom. The highest BCUT2D eigenvalue weighted by atomic mass is 15.2. The number of likely N-dealkylation sites (N-methyl/N-ethyl adjacent to an activating group) is 1. The Hall–Kier alpha value is -1.06. The van der Waals surface area contributed by atoms with Gasteiger partial charge in [-0.15, -0.1) is 0 Å². The number of nitrogens with one attached hydrogen (secondary N) is 1. The molecule has 2 rings (SSSR count). The Morgan fingerprint density at radius 1 is 1.10 bits per heavy atom. The minimum atomic E-state index is 0.169. The molecule has 0 radical (unpaired) electrons. The Labute approximate surface area is 130 Å². The number of rotatable bonds is 3. The Balaban J connectivity index is 2.04. The van der Waals surface area contributed by atoms with Gasteiger partial charge in [-0.25, -0.2) is 0 Å². The maximum absolute atomic E-state index is 3.56. The molecule has 0 atom stereocenters. The summed E-state index contributed by atoms with van der Waals surface area (Å²) in [6.07, 6.45) is 1.25. The van der Waals surface area contributed by atoms with E-state index >= 15 is 0 Å². The van der Waals surface area contributed by atoms with Crippen LogP contribution in [0, 0.1) is 6.92 Å². The summed E-state index contributed by atoms with van der Waals surface area (Å²) in [5, 5.41) is 3.56. The van der Waals surface area contributed by atoms with Crippen LogP contribution in [-0.4, -0.2) is 43.7 Å². The molecule has 1 aliphatic rings. The van der Waals surface area contributed by atoms with Crippen molar-refractivity contribution in [3.05, 3.63) is 29.3 Å². The molecule has 0 spiro atoms. The smallest absolute Gasteiger partial charge is 0.0396 e. The van der Waals surface area contributed by atoms with Crippen LogP contribution in [0.25, 0.3) is 0 Å². The van der Waals surface area contributed by atoms with E-state index in [-0.39, 0.29) is 5.54 Å². The zero-order valence-corrected chi connectivity index (χ0v) is 14.4. The summed E-state index contributed by atoms with van der Waals surface area (Å²) in [6, 6.07) is 6.92. The monoisotopic (exact) mass is 289 g/mol. The second-order valence-corrected chi connectivity index (χ2v) is 7.37. The summed E-state index contributed by atoms with van der Waals surface area (Å²) in [5.41, 5.74) is 4.35. The molecule has 0 unspecified atom stereocenters. The maximum atomic E-state index is 3.56. The molecule has 3 heteroatoms. The van der Waals surface area contributed by atoms with Crippen LogP contribution in [0.1, 0.15) is 38.3 Å². The summed E-state index contributed by atoms with van der Waals surface area (Å²) in [7, 11) is 2.22. The van der Waals surface area contributed by atoms with Crippen molar-refractivity contribution in [2.75, 3.05) is 38.1 Å². The first-order chi connectivity index (χ1) is 9.85. The second kappa shape index (κ2) is 6.80. The van der Waals surface area contributed by atoms with E-state index in [2.05, 4.69) is 68.1 Å². The van der Waals surface area contributed by atoms with Gasteiger partial charge in [-0.2, -0.15) is 0 Å². The van der Waals surface area contributed by atoms with Crippen molar-refractivity contribution < 1.29 is 0 Å². The number of benzene rings is 1. The molecule has 0 saturated carbocycles. The predicted octanol–water partition coefficient (Wildman–Crippen LogP) is 3.03. The third kappa shape index (κ3) is 5.01. The molecule has 118 valence electrons. The summed E-state index contributed by atoms with van der Waals surface area (Å²) in [6.45, 7) is 14.5. The zero-order chi connectivity index (χ0) is 15.5. The van der Waals surface area contributed by atoms with Gasteiger partial charge in [0.15, 0.2) is 0 Å². The molecule has 1 heterocycles. The lowest BCUT2D eigenvalue weighted by molar-refractivity contribution is 0.360. The van der Waals surface area contributed by atoms with Gasteiger partial charge in [0, 0.05) is 37.4 Å². The van der Waals surface area contributed by atoms with Gasteiger partial charge in [-0.1, -0.05) is 12.1 Å². The molecule has 0 aliphatic carbocycles. The molecule has 1 saturated heterocycles. The molecule has 0 amide bonds. The average molecular weight is 289 g/mol. The summed E-state index contributed by atoms with van der Waals surface area (Å²) in [5.74, 6) is 0. The number of hydrogen-bond acceptors (Lipinski definition) is 3. The first kappa shape index (κ1) is 16.3. The van der Waals surface area contributed by atoms with E-state index in [1.165, 1.54) is 36.3 Å². The van der Waals surface area contributed by atoms with Gasteiger partial charge >= 0.3 is 0 Å². The normalized spacial score (nSPS) is 17.9. The molecule has 1 aromatic rings. The number of anilines is 1. The van der Waals surface area contributed by atoms with Crippen molar-refractivity contribution in [1.82, 2.24) is 10.2 Å². The Kier molecular flexibility index (Phi) is 5.28. The van der Waals surface area contributed by atoms with Crippen LogP contribution in [0.2, 0.25) is 0 Å². The van der Waals surface area contributed by atoms with Crippen LogP contribution in [0.4, 0.5) is 5.69 Å². The lowest BCUT2D eigenvalue weighted by Crippen LogP contribution is -2.35. The lowest BCUT2D eigenvalue weighted by Gasteiger charge is -2.26. The van der Waals surface area contributed by atoms with E-state index in [4.69, 9.17) is 0 Å². The van der Waals surface area contributed by atoms with Crippen LogP contribution in [0.3, 0.4) is 0 Å². The molecule has 21 heavy (non-hydrogen) atoms. The molecule has 0 aromatic heterocycles. The van der Waals surface area contributed by atoms with Crippen molar-refractivity contribution in [3.63, 3.8) is 0 Å². The van der Waals surface area contributed by atoms with Gasteiger partial charge in [0.05, 0.1) is 0 Å². The largest absolute Gasteiger partial charge is 0.370 e. The summed E-state index contributed by atoms with van der Waals surface area (Å²) < 4.78 is 0. The van der Waals surface area contributed by atoms with Gasteiger partial charge in [-0.05, 0) is 64.9 Å². The minimum Gasteiger partial charge on any atom is -0.370 e. The highest BCUT2D eigenvalue weighted by molar-refractivity contribution is 5.54. The maximum Gasteiger partial charge on any atom is 0.0396 e. The fourth-order valence-corrected chi connectivity index (χ4v) is 2.84. The predicted molar refractivity (Wildman–Crippen MR) is 92.1 cm³/mol. The van der Waals surface area contributed by atoms with Gasteiger partial charge in [0.1, 0.15) is 0 Å². The van der Waals surface area contributed by atoms with Crippen LogP contribution in [0.5, 0.6) is 0 Å². The minimum absolute atomic E-state index is 0.169. The molecule has 3 nitrogen and oxygen atoms in total.